The number of pyridine rings is 1. The van der Waals surface area contributed by atoms with Gasteiger partial charge in [-0.2, -0.15) is 10.5 Å². The largest absolute Gasteiger partial charge is 0.383 e. The molecule has 7 heteroatoms. The first-order valence-corrected chi connectivity index (χ1v) is 10.4. The predicted octanol–water partition coefficient (Wildman–Crippen LogP) is 4.50. The fourth-order valence-electron chi connectivity index (χ4n) is 4.21. The minimum Gasteiger partial charge on any atom is -0.383 e. The van der Waals surface area contributed by atoms with E-state index in [1.807, 2.05) is 58.0 Å². The van der Waals surface area contributed by atoms with Crippen LogP contribution in [-0.2, 0) is 0 Å². The number of nitrogens with zero attached hydrogens (tertiary/aromatic N) is 4. The highest BCUT2D eigenvalue weighted by atomic mass is 16.2. The molecule has 162 valence electrons. The first-order chi connectivity index (χ1) is 15.8. The van der Waals surface area contributed by atoms with Crippen LogP contribution < -0.4 is 11.2 Å². The number of hydrogen-bond donors (Lipinski definition) is 2. The Balaban J connectivity index is 1.82. The van der Waals surface area contributed by atoms with Crippen LogP contribution in [0.1, 0.15) is 56.6 Å². The minimum absolute atomic E-state index is 0.123. The number of nitrogen functional groups attached to an aromatic ring is 1. The molecule has 3 N–H and O–H groups in total. The molecular formula is C26H22N6O. The molecule has 0 bridgehead atoms. The van der Waals surface area contributed by atoms with Crippen LogP contribution in [-0.4, -0.2) is 15.6 Å². The van der Waals surface area contributed by atoms with Crippen LogP contribution in [0.2, 0.25) is 0 Å². The maximum absolute atomic E-state index is 12.7. The van der Waals surface area contributed by atoms with Gasteiger partial charge in [0.15, 0.2) is 0 Å². The van der Waals surface area contributed by atoms with E-state index in [2.05, 4.69) is 22.5 Å². The van der Waals surface area contributed by atoms with Gasteiger partial charge in [0.1, 0.15) is 18.0 Å². The Morgan fingerprint density at radius 1 is 1.12 bits per heavy atom. The zero-order valence-electron chi connectivity index (χ0n) is 18.8. The van der Waals surface area contributed by atoms with Gasteiger partial charge >= 0.3 is 0 Å². The number of amides is 1. The van der Waals surface area contributed by atoms with Crippen molar-refractivity contribution >= 4 is 28.9 Å². The van der Waals surface area contributed by atoms with E-state index in [4.69, 9.17) is 5.73 Å². The van der Waals surface area contributed by atoms with Crippen LogP contribution in [0.5, 0.6) is 0 Å². The Bertz CT molecular complexity index is 1460. The fraction of sp³-hybridized carbons (Fsp3) is 0.154. The first kappa shape index (κ1) is 21.6. The van der Waals surface area contributed by atoms with Crippen molar-refractivity contribution in [1.29, 1.82) is 10.5 Å². The van der Waals surface area contributed by atoms with Gasteiger partial charge in [0.25, 0.3) is 5.91 Å². The van der Waals surface area contributed by atoms with Crippen molar-refractivity contribution in [3.05, 3.63) is 86.9 Å². The van der Waals surface area contributed by atoms with Crippen LogP contribution in [0.4, 0.5) is 5.82 Å². The van der Waals surface area contributed by atoms with E-state index in [0.29, 0.717) is 28.0 Å². The summed E-state index contributed by atoms with van der Waals surface area (Å²) in [5.41, 5.74) is 16.4. The Labute approximate surface area is 192 Å². The molecule has 3 aromatic rings. The first-order valence-electron chi connectivity index (χ1n) is 10.4. The van der Waals surface area contributed by atoms with Gasteiger partial charge < -0.3 is 5.73 Å². The number of aromatic nitrogens is 2. The molecule has 2 aromatic heterocycles. The van der Waals surface area contributed by atoms with Crippen molar-refractivity contribution in [2.24, 2.45) is 0 Å². The van der Waals surface area contributed by atoms with Crippen molar-refractivity contribution in [2.45, 2.75) is 27.7 Å². The number of carbonyl (C=O) groups is 1. The van der Waals surface area contributed by atoms with E-state index < -0.39 is 0 Å². The lowest BCUT2D eigenvalue weighted by Crippen LogP contribution is -2.24. The molecule has 1 aliphatic rings. The number of nitrogens with one attached hydrogen (secondary N) is 1. The lowest BCUT2D eigenvalue weighted by molar-refractivity contribution is 0.101. The number of allylic oxidation sites excluding steroid dienone is 3. The molecule has 0 spiro atoms. The number of nitriles is 2. The van der Waals surface area contributed by atoms with Crippen molar-refractivity contribution in [2.75, 3.05) is 11.2 Å². The highest BCUT2D eigenvalue weighted by Crippen LogP contribution is 2.44. The average molecular weight is 435 g/mol. The number of benzene rings is 1. The van der Waals surface area contributed by atoms with E-state index in [0.717, 1.165) is 33.7 Å². The molecule has 1 aromatic carbocycles. The molecule has 0 unspecified atom stereocenters. The molecule has 2 heterocycles. The van der Waals surface area contributed by atoms with Gasteiger partial charge in [-0.05, 0) is 74.2 Å². The smallest absolute Gasteiger partial charge is 0.270 e. The second-order valence-electron chi connectivity index (χ2n) is 7.97. The number of fused-ring (bicyclic) bond motifs is 1. The molecule has 33 heavy (non-hydrogen) atoms. The Kier molecular flexibility index (Phi) is 5.33. The molecule has 0 saturated heterocycles. The summed E-state index contributed by atoms with van der Waals surface area (Å²) in [6.45, 7) is 7.51. The molecule has 0 fully saturated rings. The highest BCUT2D eigenvalue weighted by Gasteiger charge is 2.30. The second-order valence-corrected chi connectivity index (χ2v) is 7.97. The standard InChI is InChI=1S/C26H22N6O/c1-14-10-19(17(4)32(14)31-26(33)18-8-6-5-7-9-18)11-20-15(2)21(12-27)24-23(20)16(3)22(13-28)25(29)30-24/h5-11H,1-4H3,(H2,29,30)(H,31,33)/b20-11-. The van der Waals surface area contributed by atoms with Gasteiger partial charge in [0.05, 0.1) is 16.8 Å². The zero-order valence-corrected chi connectivity index (χ0v) is 18.8. The van der Waals surface area contributed by atoms with Crippen LogP contribution in [0.15, 0.2) is 42.0 Å². The molecule has 0 atom stereocenters. The van der Waals surface area contributed by atoms with Crippen molar-refractivity contribution in [3.63, 3.8) is 0 Å². The van der Waals surface area contributed by atoms with E-state index in [-0.39, 0.29) is 11.7 Å². The number of anilines is 1. The summed E-state index contributed by atoms with van der Waals surface area (Å²) in [6, 6.07) is 15.3. The summed E-state index contributed by atoms with van der Waals surface area (Å²) in [5, 5.41) is 19.3. The molecule has 4 rings (SSSR count). The van der Waals surface area contributed by atoms with Gasteiger partial charge in [-0.25, -0.2) is 4.98 Å². The fourth-order valence-corrected chi connectivity index (χ4v) is 4.21. The lowest BCUT2D eigenvalue weighted by Gasteiger charge is -2.12. The summed E-state index contributed by atoms with van der Waals surface area (Å²) in [5.74, 6) is -0.0859. The molecular weight excluding hydrogens is 412 g/mol. The number of hydrogen-bond acceptors (Lipinski definition) is 5. The third kappa shape index (κ3) is 3.46. The Morgan fingerprint density at radius 3 is 2.45 bits per heavy atom. The van der Waals surface area contributed by atoms with Gasteiger partial charge in [-0.15, -0.1) is 0 Å². The normalized spacial score (nSPS) is 13.6. The summed E-state index contributed by atoms with van der Waals surface area (Å²) >= 11 is 0. The third-order valence-corrected chi connectivity index (χ3v) is 6.00. The molecule has 0 radical (unpaired) electrons. The number of carbonyl (C=O) groups excluding carboxylic acids is 1. The Hall–Kier alpha value is -4.62. The topological polar surface area (TPSA) is 121 Å². The minimum atomic E-state index is -0.208. The summed E-state index contributed by atoms with van der Waals surface area (Å²) in [4.78, 5) is 17.0. The van der Waals surface area contributed by atoms with Crippen molar-refractivity contribution < 1.29 is 4.79 Å². The molecule has 0 saturated carbocycles. The number of aryl methyl sites for hydroxylation is 1. The number of nitrogens with two attached hydrogens (primary N) is 1. The summed E-state index contributed by atoms with van der Waals surface area (Å²) in [6.07, 6.45) is 1.97. The predicted molar refractivity (Wildman–Crippen MR) is 128 cm³/mol. The molecule has 7 nitrogen and oxygen atoms in total. The van der Waals surface area contributed by atoms with Gasteiger partial charge in [-0.1, -0.05) is 18.2 Å². The molecule has 0 aliphatic heterocycles. The SMILES string of the molecule is CC1=C(C#N)c2nc(N)c(C#N)c(C)c2/C1=C\c1cc(C)n(NC(=O)c2ccccc2)c1C. The Morgan fingerprint density at radius 2 is 1.82 bits per heavy atom. The second kappa shape index (κ2) is 8.14. The van der Waals surface area contributed by atoms with E-state index >= 15 is 0 Å². The van der Waals surface area contributed by atoms with Crippen LogP contribution in [0.25, 0.3) is 17.2 Å². The molecule has 1 amide bonds. The van der Waals surface area contributed by atoms with Crippen molar-refractivity contribution in [3.8, 4) is 12.1 Å². The number of rotatable bonds is 3. The highest BCUT2D eigenvalue weighted by molar-refractivity contribution is 6.09. The zero-order chi connectivity index (χ0) is 23.9. The summed E-state index contributed by atoms with van der Waals surface area (Å²) < 4.78 is 1.75. The van der Waals surface area contributed by atoms with Crippen LogP contribution in [0, 0.1) is 43.4 Å². The summed E-state index contributed by atoms with van der Waals surface area (Å²) in [7, 11) is 0. The van der Waals surface area contributed by atoms with E-state index in [1.54, 1.807) is 16.8 Å². The van der Waals surface area contributed by atoms with E-state index in [9.17, 15) is 15.3 Å². The van der Waals surface area contributed by atoms with Gasteiger partial charge in [0, 0.05) is 22.5 Å². The van der Waals surface area contributed by atoms with Crippen LogP contribution >= 0.6 is 0 Å². The monoisotopic (exact) mass is 434 g/mol. The van der Waals surface area contributed by atoms with Gasteiger partial charge in [-0.3, -0.25) is 14.9 Å². The van der Waals surface area contributed by atoms with Crippen LogP contribution in [0.3, 0.4) is 0 Å². The maximum atomic E-state index is 12.7. The van der Waals surface area contributed by atoms with Crippen molar-refractivity contribution in [1.82, 2.24) is 9.66 Å². The van der Waals surface area contributed by atoms with Gasteiger partial charge in [0.2, 0.25) is 0 Å². The quantitative estimate of drug-likeness (QED) is 0.629. The maximum Gasteiger partial charge on any atom is 0.270 e. The molecule has 1 aliphatic carbocycles. The average Bonchev–Trinajstić information content (AvgIpc) is 3.21. The van der Waals surface area contributed by atoms with E-state index in [1.165, 1.54) is 0 Å². The third-order valence-electron chi connectivity index (χ3n) is 6.00. The lowest BCUT2D eigenvalue weighted by atomic mass is 9.95.